The van der Waals surface area contributed by atoms with Gasteiger partial charge in [-0.05, 0) is 60.4 Å². The minimum Gasteiger partial charge on any atom is -0.357 e. The van der Waals surface area contributed by atoms with Crippen LogP contribution in [0.4, 0.5) is 5.82 Å². The third-order valence-electron chi connectivity index (χ3n) is 3.71. The third-order valence-corrected chi connectivity index (χ3v) is 4.29. The van der Waals surface area contributed by atoms with Crippen molar-refractivity contribution in [1.29, 1.82) is 0 Å². The molecule has 1 aliphatic rings. The van der Waals surface area contributed by atoms with E-state index in [2.05, 4.69) is 57.7 Å². The van der Waals surface area contributed by atoms with E-state index in [4.69, 9.17) is 0 Å². The van der Waals surface area contributed by atoms with Crippen molar-refractivity contribution in [3.63, 3.8) is 0 Å². The molecule has 1 unspecified atom stereocenters. The highest BCUT2D eigenvalue weighted by molar-refractivity contribution is 9.10. The Morgan fingerprint density at radius 2 is 2.33 bits per heavy atom. The molecular weight excluding hydrogens is 290 g/mol. The second kappa shape index (κ2) is 6.02. The zero-order chi connectivity index (χ0) is 13.1. The first-order valence-corrected chi connectivity index (χ1v) is 7.48. The first-order valence-electron chi connectivity index (χ1n) is 6.69. The summed E-state index contributed by atoms with van der Waals surface area (Å²) in [5.74, 6) is 1.04. The molecule has 1 fully saturated rings. The molecule has 100 valence electrons. The Balaban J connectivity index is 2.05. The van der Waals surface area contributed by atoms with Gasteiger partial charge in [0, 0.05) is 25.8 Å². The monoisotopic (exact) mass is 311 g/mol. The zero-order valence-corrected chi connectivity index (χ0v) is 13.1. The van der Waals surface area contributed by atoms with E-state index >= 15 is 0 Å². The van der Waals surface area contributed by atoms with Crippen LogP contribution >= 0.6 is 15.9 Å². The van der Waals surface area contributed by atoms with Gasteiger partial charge in [0.2, 0.25) is 0 Å². The first kappa shape index (κ1) is 13.8. The summed E-state index contributed by atoms with van der Waals surface area (Å²) in [6, 6.07) is 2.81. The van der Waals surface area contributed by atoms with Crippen LogP contribution in [0.15, 0.2) is 16.7 Å². The first-order chi connectivity index (χ1) is 8.61. The van der Waals surface area contributed by atoms with Gasteiger partial charge < -0.3 is 4.90 Å². The quantitative estimate of drug-likeness (QED) is 0.852. The molecule has 2 rings (SSSR count). The second-order valence-electron chi connectivity index (χ2n) is 5.12. The summed E-state index contributed by atoms with van der Waals surface area (Å²) in [6.45, 7) is 7.77. The summed E-state index contributed by atoms with van der Waals surface area (Å²) >= 11 is 3.61. The maximum atomic E-state index is 4.53. The van der Waals surface area contributed by atoms with E-state index < -0.39 is 0 Å². The van der Waals surface area contributed by atoms with Gasteiger partial charge in [0.1, 0.15) is 5.82 Å². The SMILES string of the molecule is CCN1CCCC1CN(C)c1ncc(C)cc1Br. The molecule has 3 nitrogen and oxygen atoms in total. The summed E-state index contributed by atoms with van der Waals surface area (Å²) in [4.78, 5) is 9.37. The number of aromatic nitrogens is 1. The van der Waals surface area contributed by atoms with Gasteiger partial charge in [0.15, 0.2) is 0 Å². The zero-order valence-electron chi connectivity index (χ0n) is 11.5. The Bertz CT molecular complexity index is 408. The average molecular weight is 312 g/mol. The molecular formula is C14H22BrN3. The van der Waals surface area contributed by atoms with Gasteiger partial charge in [0.05, 0.1) is 4.47 Å². The number of anilines is 1. The van der Waals surface area contributed by atoms with E-state index in [0.29, 0.717) is 6.04 Å². The number of rotatable bonds is 4. The van der Waals surface area contributed by atoms with Crippen LogP contribution in [0.25, 0.3) is 0 Å². The number of pyridine rings is 1. The van der Waals surface area contributed by atoms with Crippen LogP contribution in [0.5, 0.6) is 0 Å². The number of hydrogen-bond donors (Lipinski definition) is 0. The summed E-state index contributed by atoms with van der Waals surface area (Å²) in [5, 5.41) is 0. The second-order valence-corrected chi connectivity index (χ2v) is 5.98. The predicted octanol–water partition coefficient (Wildman–Crippen LogP) is 3.07. The molecule has 0 spiro atoms. The van der Waals surface area contributed by atoms with Crippen LogP contribution in [0, 0.1) is 6.92 Å². The summed E-state index contributed by atoms with van der Waals surface area (Å²) in [7, 11) is 2.13. The molecule has 0 N–H and O–H groups in total. The minimum absolute atomic E-state index is 0.676. The van der Waals surface area contributed by atoms with Crippen molar-refractivity contribution in [3.8, 4) is 0 Å². The fourth-order valence-electron chi connectivity index (χ4n) is 2.73. The van der Waals surface area contributed by atoms with Gasteiger partial charge in [-0.1, -0.05) is 6.92 Å². The highest BCUT2D eigenvalue weighted by Gasteiger charge is 2.24. The summed E-state index contributed by atoms with van der Waals surface area (Å²) < 4.78 is 1.09. The van der Waals surface area contributed by atoms with Crippen molar-refractivity contribution in [2.75, 3.05) is 31.6 Å². The number of likely N-dealkylation sites (tertiary alicyclic amines) is 1. The molecule has 0 aromatic carbocycles. The van der Waals surface area contributed by atoms with Crippen molar-refractivity contribution in [3.05, 3.63) is 22.3 Å². The van der Waals surface area contributed by atoms with Crippen molar-refractivity contribution in [2.24, 2.45) is 0 Å². The molecule has 1 aromatic rings. The minimum atomic E-state index is 0.676. The van der Waals surface area contributed by atoms with Crippen LogP contribution < -0.4 is 4.90 Å². The smallest absolute Gasteiger partial charge is 0.142 e. The Kier molecular flexibility index (Phi) is 4.62. The van der Waals surface area contributed by atoms with Crippen molar-refractivity contribution < 1.29 is 0 Å². The highest BCUT2D eigenvalue weighted by Crippen LogP contribution is 2.25. The third kappa shape index (κ3) is 3.04. The lowest BCUT2D eigenvalue weighted by molar-refractivity contribution is 0.270. The van der Waals surface area contributed by atoms with Gasteiger partial charge >= 0.3 is 0 Å². The molecule has 2 heterocycles. The van der Waals surface area contributed by atoms with Crippen LogP contribution in [0.2, 0.25) is 0 Å². The van der Waals surface area contributed by atoms with Gasteiger partial charge in [-0.3, -0.25) is 4.90 Å². The molecule has 0 aliphatic carbocycles. The Labute approximate surface area is 118 Å². The summed E-state index contributed by atoms with van der Waals surface area (Å²) in [6.07, 6.45) is 4.57. The molecule has 4 heteroatoms. The number of nitrogens with zero attached hydrogens (tertiary/aromatic N) is 3. The van der Waals surface area contributed by atoms with Crippen molar-refractivity contribution >= 4 is 21.7 Å². The summed E-state index contributed by atoms with van der Waals surface area (Å²) in [5.41, 5.74) is 1.19. The molecule has 0 bridgehead atoms. The molecule has 0 radical (unpaired) electrons. The van der Waals surface area contributed by atoms with Gasteiger partial charge in [-0.15, -0.1) is 0 Å². The normalized spacial score (nSPS) is 20.3. The fraction of sp³-hybridized carbons (Fsp3) is 0.643. The molecule has 18 heavy (non-hydrogen) atoms. The molecule has 1 aliphatic heterocycles. The number of halogens is 1. The van der Waals surface area contributed by atoms with Gasteiger partial charge in [-0.25, -0.2) is 4.98 Å². The van der Waals surface area contributed by atoms with Crippen molar-refractivity contribution in [2.45, 2.75) is 32.7 Å². The fourth-order valence-corrected chi connectivity index (χ4v) is 3.49. The average Bonchev–Trinajstić information content (AvgIpc) is 2.76. The highest BCUT2D eigenvalue weighted by atomic mass is 79.9. The molecule has 0 amide bonds. The van der Waals surface area contributed by atoms with Crippen LogP contribution in [-0.2, 0) is 0 Å². The Morgan fingerprint density at radius 1 is 1.56 bits per heavy atom. The number of aryl methyl sites for hydroxylation is 1. The standard InChI is InChI=1S/C14H22BrN3/c1-4-18-7-5-6-12(18)10-17(3)14-13(15)8-11(2)9-16-14/h8-9,12H,4-7,10H2,1-3H3. The Hall–Kier alpha value is -0.610. The maximum absolute atomic E-state index is 4.53. The molecule has 1 saturated heterocycles. The lowest BCUT2D eigenvalue weighted by Gasteiger charge is -2.28. The van der Waals surface area contributed by atoms with Gasteiger partial charge in [0.25, 0.3) is 0 Å². The van der Waals surface area contributed by atoms with Crippen molar-refractivity contribution in [1.82, 2.24) is 9.88 Å². The van der Waals surface area contributed by atoms with Crippen LogP contribution in [0.3, 0.4) is 0 Å². The maximum Gasteiger partial charge on any atom is 0.142 e. The van der Waals surface area contributed by atoms with E-state index in [9.17, 15) is 0 Å². The molecule has 0 saturated carbocycles. The molecule has 1 atom stereocenters. The Morgan fingerprint density at radius 3 is 3.00 bits per heavy atom. The largest absolute Gasteiger partial charge is 0.357 e. The van der Waals surface area contributed by atoms with Gasteiger partial charge in [-0.2, -0.15) is 0 Å². The molecule has 1 aromatic heterocycles. The number of likely N-dealkylation sites (N-methyl/N-ethyl adjacent to an activating group) is 2. The topological polar surface area (TPSA) is 19.4 Å². The lowest BCUT2D eigenvalue weighted by atomic mass is 10.2. The number of hydrogen-bond acceptors (Lipinski definition) is 3. The van der Waals surface area contributed by atoms with E-state index in [-0.39, 0.29) is 0 Å². The van der Waals surface area contributed by atoms with E-state index in [0.717, 1.165) is 23.4 Å². The van der Waals surface area contributed by atoms with E-state index in [1.165, 1.54) is 24.9 Å². The van der Waals surface area contributed by atoms with E-state index in [1.54, 1.807) is 0 Å². The predicted molar refractivity (Wildman–Crippen MR) is 80.2 cm³/mol. The van der Waals surface area contributed by atoms with Crippen LogP contribution in [0.1, 0.15) is 25.3 Å². The van der Waals surface area contributed by atoms with Crippen LogP contribution in [-0.4, -0.2) is 42.6 Å². The van der Waals surface area contributed by atoms with E-state index in [1.807, 2.05) is 6.20 Å². The lowest BCUT2D eigenvalue weighted by Crippen LogP contribution is -2.39.